The number of phenolic OH excluding ortho intramolecular Hbond substituents is 2. The van der Waals surface area contributed by atoms with E-state index < -0.39 is 0 Å². The fourth-order valence-electron chi connectivity index (χ4n) is 9.49. The molecule has 0 unspecified atom stereocenters. The van der Waals surface area contributed by atoms with Crippen molar-refractivity contribution < 1.29 is 24.5 Å². The minimum Gasteiger partial charge on any atom is -0.508 e. The van der Waals surface area contributed by atoms with E-state index in [1.165, 1.54) is 5.57 Å². The Kier molecular flexibility index (Phi) is 12.3. The van der Waals surface area contributed by atoms with E-state index in [-0.39, 0.29) is 65.0 Å². The number of carbonyl (C=O) groups excluding carboxylic acids is 1. The number of nitrogens with two attached hydrogens (primary N) is 2. The van der Waals surface area contributed by atoms with Crippen LogP contribution in [0.1, 0.15) is 119 Å². The van der Waals surface area contributed by atoms with Crippen LogP contribution in [0.5, 0.6) is 17.2 Å². The van der Waals surface area contributed by atoms with Gasteiger partial charge in [0.15, 0.2) is 23.2 Å². The number of aromatic hydroxyl groups is 2. The molecule has 52 heavy (non-hydrogen) atoms. The molecule has 0 aromatic heterocycles. The van der Waals surface area contributed by atoms with Crippen molar-refractivity contribution in [3.05, 3.63) is 76.4 Å². The molecule has 0 aliphatic heterocycles. The minimum atomic E-state index is -0.230. The monoisotopic (exact) mass is 707 g/mol. The summed E-state index contributed by atoms with van der Waals surface area (Å²) in [4.78, 5) is 17.8. The lowest BCUT2D eigenvalue weighted by molar-refractivity contribution is -0.114. The van der Waals surface area contributed by atoms with Crippen molar-refractivity contribution in [2.45, 2.75) is 115 Å². The molecule has 8 heteroatoms. The molecule has 2 saturated carbocycles. The van der Waals surface area contributed by atoms with Crippen molar-refractivity contribution in [1.29, 1.82) is 0 Å². The number of hydrogen-bond donors (Lipinski definition) is 4. The number of ether oxygens (including phenoxy) is 2. The predicted molar refractivity (Wildman–Crippen MR) is 206 cm³/mol. The van der Waals surface area contributed by atoms with Gasteiger partial charge in [0, 0.05) is 42.9 Å². The number of hydrogen-bond acceptors (Lipinski definition) is 6. The minimum absolute atomic E-state index is 0.0108. The number of nitrogens with zero attached hydrogens (tertiary/aromatic N) is 1. The lowest BCUT2D eigenvalue weighted by atomic mass is 9.55. The lowest BCUT2D eigenvalue weighted by Gasteiger charge is -2.49. The molecule has 7 atom stereocenters. The van der Waals surface area contributed by atoms with E-state index in [4.69, 9.17) is 20.9 Å². The van der Waals surface area contributed by atoms with Crippen LogP contribution in [0.4, 0.5) is 0 Å². The number of rotatable bonds is 12. The summed E-state index contributed by atoms with van der Waals surface area (Å²) in [6.45, 7) is 4.89. The number of allylic oxidation sites excluding steroid dienone is 4. The Bertz CT molecular complexity index is 1740. The molecular formula is C44H57N3O5. The van der Waals surface area contributed by atoms with Crippen LogP contribution in [-0.4, -0.2) is 47.8 Å². The second-order valence-electron chi connectivity index (χ2n) is 15.6. The van der Waals surface area contributed by atoms with Gasteiger partial charge in [0.05, 0.1) is 18.8 Å². The highest BCUT2D eigenvalue weighted by atomic mass is 16.5. The second kappa shape index (κ2) is 17.1. The molecule has 0 heterocycles. The normalized spacial score (nSPS) is 27.1. The average molecular weight is 708 g/mol. The fraction of sp³-hybridized carbons (Fsp3) is 0.545. The van der Waals surface area contributed by atoms with Gasteiger partial charge in [0.25, 0.3) is 0 Å². The maximum absolute atomic E-state index is 13.1. The molecule has 8 nitrogen and oxygen atoms in total. The maximum atomic E-state index is 13.1. The van der Waals surface area contributed by atoms with E-state index in [2.05, 4.69) is 42.8 Å². The summed E-state index contributed by atoms with van der Waals surface area (Å²) >= 11 is 0. The SMILES string of the molecule is CCCC=CC(=O)CCc1cc(OC2CCCC2)c(O)c2c1C#CC[C@H](N=C(N)N)C[C@@H]1C=C3[C@H](c4cccc(O)c4)C[C@@H](C)C[C@H]3[C@H]2[C@@H]1COC. The molecule has 2 bridgehead atoms. The predicted octanol–water partition coefficient (Wildman–Crippen LogP) is 7.80. The Morgan fingerprint density at radius 3 is 2.65 bits per heavy atom. The van der Waals surface area contributed by atoms with Crippen LogP contribution in [0.15, 0.2) is 59.1 Å². The van der Waals surface area contributed by atoms with Crippen LogP contribution >= 0.6 is 0 Å². The number of aliphatic imine (C=N–C) groups is 1. The van der Waals surface area contributed by atoms with E-state index in [0.29, 0.717) is 44.0 Å². The number of aryl methyl sites for hydroxylation is 1. The van der Waals surface area contributed by atoms with Gasteiger partial charge in [-0.3, -0.25) is 4.79 Å². The van der Waals surface area contributed by atoms with E-state index in [9.17, 15) is 15.0 Å². The molecule has 0 amide bonds. The summed E-state index contributed by atoms with van der Waals surface area (Å²) < 4.78 is 12.7. The quantitative estimate of drug-likeness (QED) is 0.0580. The largest absolute Gasteiger partial charge is 0.508 e. The van der Waals surface area contributed by atoms with E-state index >= 15 is 0 Å². The maximum Gasteiger partial charge on any atom is 0.186 e. The van der Waals surface area contributed by atoms with E-state index in [1.807, 2.05) is 24.3 Å². The van der Waals surface area contributed by atoms with Crippen molar-refractivity contribution >= 4 is 11.7 Å². The van der Waals surface area contributed by atoms with Crippen molar-refractivity contribution in [2.75, 3.05) is 13.7 Å². The van der Waals surface area contributed by atoms with Crippen LogP contribution in [0.25, 0.3) is 0 Å². The first-order valence-electron chi connectivity index (χ1n) is 19.5. The number of guanidine groups is 1. The Morgan fingerprint density at radius 2 is 1.92 bits per heavy atom. The zero-order valence-corrected chi connectivity index (χ0v) is 31.2. The summed E-state index contributed by atoms with van der Waals surface area (Å²) in [6.07, 6.45) is 15.9. The van der Waals surface area contributed by atoms with Gasteiger partial charge >= 0.3 is 0 Å². The number of ketones is 1. The molecule has 278 valence electrons. The van der Waals surface area contributed by atoms with E-state index in [1.54, 1.807) is 19.3 Å². The molecule has 0 radical (unpaired) electrons. The zero-order chi connectivity index (χ0) is 36.8. The Hall–Kier alpha value is -4.22. The zero-order valence-electron chi connectivity index (χ0n) is 31.2. The molecule has 2 fully saturated rings. The number of benzene rings is 2. The van der Waals surface area contributed by atoms with Crippen LogP contribution in [-0.2, 0) is 16.0 Å². The molecule has 0 saturated heterocycles. The third-order valence-corrected chi connectivity index (χ3v) is 11.7. The Labute approximate surface area is 309 Å². The highest BCUT2D eigenvalue weighted by Gasteiger charge is 2.48. The molecule has 6 rings (SSSR count). The second-order valence-corrected chi connectivity index (χ2v) is 15.6. The van der Waals surface area contributed by atoms with E-state index in [0.717, 1.165) is 73.6 Å². The van der Waals surface area contributed by atoms with Crippen molar-refractivity contribution in [3.63, 3.8) is 0 Å². The molecule has 6 N–H and O–H groups in total. The standard InChI is InChI=1S/C44H57N3O5/c1-4-5-6-13-32(48)19-18-29-25-40(52-34-15-7-8-16-34)43(50)42-35(29)17-10-12-31(47-44(45)46)22-30-24-37-36(28-11-9-14-33(49)23-28)20-27(2)21-38(37)41(42)39(30)26-51-3/h6,9,11,13-14,23-25,27,30-31,34,36,38-39,41,49-50H,4-5,7-8,12,15-16,18-22,26H2,1-3H3,(H4,45,46,47)/t27-,30-,31+,36+,38-,39-,41+/m1/s1. The smallest absolute Gasteiger partial charge is 0.186 e. The molecule has 0 spiro atoms. The molecule has 4 aliphatic carbocycles. The molecular weight excluding hydrogens is 650 g/mol. The van der Waals surface area contributed by atoms with Crippen molar-refractivity contribution in [2.24, 2.45) is 40.1 Å². The number of phenols is 2. The van der Waals surface area contributed by atoms with Gasteiger partial charge in [-0.15, -0.1) is 0 Å². The van der Waals surface area contributed by atoms with Gasteiger partial charge in [-0.2, -0.15) is 0 Å². The molecule has 2 aromatic rings. The summed E-state index contributed by atoms with van der Waals surface area (Å²) in [6, 6.07) is 9.37. The average Bonchev–Trinajstić information content (AvgIpc) is 3.62. The molecule has 4 aliphatic rings. The highest BCUT2D eigenvalue weighted by molar-refractivity contribution is 5.89. The van der Waals surface area contributed by atoms with Crippen LogP contribution < -0.4 is 16.2 Å². The first-order chi connectivity index (χ1) is 25.2. The van der Waals surface area contributed by atoms with Gasteiger partial charge in [0.1, 0.15) is 5.75 Å². The van der Waals surface area contributed by atoms with Crippen LogP contribution in [0, 0.1) is 35.5 Å². The van der Waals surface area contributed by atoms with Crippen molar-refractivity contribution in [3.8, 4) is 29.1 Å². The lowest BCUT2D eigenvalue weighted by Crippen LogP contribution is -2.41. The Morgan fingerprint density at radius 1 is 1.12 bits per heavy atom. The van der Waals surface area contributed by atoms with Gasteiger partial charge < -0.3 is 31.2 Å². The van der Waals surface area contributed by atoms with Crippen molar-refractivity contribution in [1.82, 2.24) is 0 Å². The number of carbonyl (C=O) groups is 1. The summed E-state index contributed by atoms with van der Waals surface area (Å²) in [5.41, 5.74) is 16.9. The number of unbranched alkanes of at least 4 members (excludes halogenated alkanes) is 1. The number of methoxy groups -OCH3 is 1. The first-order valence-corrected chi connectivity index (χ1v) is 19.5. The summed E-state index contributed by atoms with van der Waals surface area (Å²) in [5.74, 6) is 8.39. The fourth-order valence-corrected chi connectivity index (χ4v) is 9.49. The third-order valence-electron chi connectivity index (χ3n) is 11.7. The van der Waals surface area contributed by atoms with Crippen LogP contribution in [0.3, 0.4) is 0 Å². The Balaban J connectivity index is 1.58. The number of fused-ring (bicyclic) bond motifs is 6. The van der Waals surface area contributed by atoms with Gasteiger partial charge in [-0.25, -0.2) is 4.99 Å². The highest BCUT2D eigenvalue weighted by Crippen LogP contribution is 2.59. The van der Waals surface area contributed by atoms with Gasteiger partial charge in [-0.05, 0) is 117 Å². The van der Waals surface area contributed by atoms with Gasteiger partial charge in [0.2, 0.25) is 0 Å². The van der Waals surface area contributed by atoms with Gasteiger partial charge in [-0.1, -0.05) is 62.0 Å². The third kappa shape index (κ3) is 8.52. The molecule has 2 aromatic carbocycles. The topological polar surface area (TPSA) is 140 Å². The van der Waals surface area contributed by atoms with Crippen LogP contribution in [0.2, 0.25) is 0 Å². The first kappa shape index (κ1) is 37.5. The summed E-state index contributed by atoms with van der Waals surface area (Å²) in [7, 11) is 1.75. The summed E-state index contributed by atoms with van der Waals surface area (Å²) in [5, 5.41) is 23.1.